The monoisotopic (exact) mass is 184 g/mol. The zero-order valence-electron chi connectivity index (χ0n) is 7.65. The van der Waals surface area contributed by atoms with Crippen LogP contribution >= 0.6 is 0 Å². The fourth-order valence-electron chi connectivity index (χ4n) is 0.884. The first kappa shape index (κ1) is 9.42. The Kier molecular flexibility index (Phi) is 2.65. The zero-order valence-corrected chi connectivity index (χ0v) is 8.47. The summed E-state index contributed by atoms with van der Waals surface area (Å²) >= 11 is 0. The number of nitrogens with zero attached hydrogens (tertiary/aromatic N) is 1. The average molecular weight is 184 g/mol. The maximum atomic E-state index is 12.0. The summed E-state index contributed by atoms with van der Waals surface area (Å²) in [4.78, 5) is 0.884. The van der Waals surface area contributed by atoms with E-state index in [4.69, 9.17) is 0 Å². The molecule has 0 N–H and O–H groups in total. The van der Waals surface area contributed by atoms with Gasteiger partial charge in [-0.3, -0.25) is 0 Å². The lowest BCUT2D eigenvalue weighted by Gasteiger charge is -2.12. The molecular formula is C9H14NOS+. The minimum Gasteiger partial charge on any atom is -0.127 e. The summed E-state index contributed by atoms with van der Waals surface area (Å²) < 4.78 is 13.8. The number of hydrogen-bond donors (Lipinski definition) is 0. The van der Waals surface area contributed by atoms with Gasteiger partial charge in [0.2, 0.25) is 0 Å². The molecule has 1 aromatic carbocycles. The molecular weight excluding hydrogens is 170 g/mol. The van der Waals surface area contributed by atoms with E-state index in [1.54, 1.807) is 10.6 Å². The smallest absolute Gasteiger partial charge is 0.127 e. The van der Waals surface area contributed by atoms with Gasteiger partial charge in [0, 0.05) is 14.1 Å². The van der Waals surface area contributed by atoms with Crippen LogP contribution in [0.1, 0.15) is 0 Å². The lowest BCUT2D eigenvalue weighted by Crippen LogP contribution is -2.27. The largest absolute Gasteiger partial charge is 0.187 e. The van der Waals surface area contributed by atoms with Crippen molar-refractivity contribution >= 4 is 10.1 Å². The van der Waals surface area contributed by atoms with Crippen LogP contribution in [0.4, 0.5) is 0 Å². The Balaban J connectivity index is 3.07. The molecule has 0 aromatic heterocycles. The van der Waals surface area contributed by atoms with E-state index in [-0.39, 0.29) is 0 Å². The molecule has 1 unspecified atom stereocenters. The molecule has 0 spiro atoms. The quantitative estimate of drug-likeness (QED) is 0.640. The maximum absolute atomic E-state index is 12.0. The molecule has 2 nitrogen and oxygen atoms in total. The van der Waals surface area contributed by atoms with Crippen molar-refractivity contribution in [2.24, 2.45) is 0 Å². The SMILES string of the molecule is CN(C)[S+](C)(=O)c1ccccc1. The van der Waals surface area contributed by atoms with Gasteiger partial charge in [-0.2, -0.15) is 0 Å². The highest BCUT2D eigenvalue weighted by molar-refractivity contribution is 8.00. The van der Waals surface area contributed by atoms with Gasteiger partial charge in [-0.05, 0) is 12.1 Å². The highest BCUT2D eigenvalue weighted by Crippen LogP contribution is 2.17. The molecule has 66 valence electrons. The predicted octanol–water partition coefficient (Wildman–Crippen LogP) is 1.65. The van der Waals surface area contributed by atoms with Crippen molar-refractivity contribution in [3.63, 3.8) is 0 Å². The van der Waals surface area contributed by atoms with E-state index < -0.39 is 10.1 Å². The van der Waals surface area contributed by atoms with Gasteiger partial charge in [-0.25, -0.2) is 0 Å². The molecule has 0 heterocycles. The second-order valence-electron chi connectivity index (χ2n) is 2.93. The van der Waals surface area contributed by atoms with Gasteiger partial charge < -0.3 is 0 Å². The van der Waals surface area contributed by atoms with E-state index in [1.807, 2.05) is 44.4 Å². The molecule has 0 saturated heterocycles. The predicted molar refractivity (Wildman–Crippen MR) is 52.4 cm³/mol. The molecule has 0 fully saturated rings. The highest BCUT2D eigenvalue weighted by Gasteiger charge is 2.27. The Labute approximate surface area is 74.8 Å². The summed E-state index contributed by atoms with van der Waals surface area (Å²) in [5.74, 6) is 0. The van der Waals surface area contributed by atoms with Crippen molar-refractivity contribution in [3.8, 4) is 0 Å². The minimum atomic E-state index is -1.99. The molecule has 1 rings (SSSR count). The van der Waals surface area contributed by atoms with Gasteiger partial charge >= 0.3 is 0 Å². The van der Waals surface area contributed by atoms with Crippen molar-refractivity contribution in [2.45, 2.75) is 4.90 Å². The third-order valence-corrected chi connectivity index (χ3v) is 4.42. The van der Waals surface area contributed by atoms with Crippen LogP contribution in [-0.4, -0.2) is 24.7 Å². The molecule has 0 aliphatic heterocycles. The van der Waals surface area contributed by atoms with Gasteiger partial charge in [0.05, 0.1) is 0 Å². The maximum Gasteiger partial charge on any atom is 0.187 e. The van der Waals surface area contributed by atoms with Gasteiger partial charge in [-0.15, -0.1) is 4.31 Å². The Morgan fingerprint density at radius 3 is 2.08 bits per heavy atom. The van der Waals surface area contributed by atoms with E-state index in [1.165, 1.54) is 0 Å². The van der Waals surface area contributed by atoms with Crippen molar-refractivity contribution in [1.82, 2.24) is 4.31 Å². The van der Waals surface area contributed by atoms with Crippen LogP contribution in [0, 0.1) is 0 Å². The molecule has 1 aromatic rings. The number of benzene rings is 1. The standard InChI is InChI=1S/C9H14NOS/c1-10(2)12(3,11)9-7-5-4-6-8-9/h4-8H,1-3H3/q+1. The summed E-state index contributed by atoms with van der Waals surface area (Å²) in [6, 6.07) is 9.52. The van der Waals surface area contributed by atoms with Crippen LogP contribution < -0.4 is 0 Å². The Morgan fingerprint density at radius 1 is 1.17 bits per heavy atom. The van der Waals surface area contributed by atoms with Gasteiger partial charge in [0.1, 0.15) is 6.26 Å². The summed E-state index contributed by atoms with van der Waals surface area (Å²) in [7, 11) is 1.66. The topological polar surface area (TPSA) is 20.3 Å². The van der Waals surface area contributed by atoms with Gasteiger partial charge in [0.25, 0.3) is 0 Å². The first-order valence-electron chi connectivity index (χ1n) is 3.77. The molecule has 0 aliphatic rings. The van der Waals surface area contributed by atoms with E-state index in [2.05, 4.69) is 0 Å². The van der Waals surface area contributed by atoms with Crippen molar-refractivity contribution in [3.05, 3.63) is 30.3 Å². The Bertz CT molecular complexity index is 295. The lowest BCUT2D eigenvalue weighted by molar-refractivity contribution is 0.535. The van der Waals surface area contributed by atoms with Gasteiger partial charge in [0.15, 0.2) is 15.0 Å². The number of rotatable bonds is 2. The fourth-order valence-corrected chi connectivity index (χ4v) is 1.97. The second-order valence-corrected chi connectivity index (χ2v) is 5.73. The average Bonchev–Trinajstić information content (AvgIpc) is 2.06. The first-order chi connectivity index (χ1) is 5.55. The minimum absolute atomic E-state index is 0.884. The van der Waals surface area contributed by atoms with Crippen molar-refractivity contribution < 1.29 is 4.21 Å². The lowest BCUT2D eigenvalue weighted by atomic mass is 10.4. The van der Waals surface area contributed by atoms with Crippen LogP contribution in [-0.2, 0) is 14.3 Å². The number of hydrogen-bond acceptors (Lipinski definition) is 1. The Hall–Kier alpha value is -0.670. The highest BCUT2D eigenvalue weighted by atomic mass is 32.3. The van der Waals surface area contributed by atoms with E-state index in [0.29, 0.717) is 0 Å². The third kappa shape index (κ3) is 1.73. The van der Waals surface area contributed by atoms with Crippen LogP contribution in [0.3, 0.4) is 0 Å². The second kappa shape index (κ2) is 3.37. The normalized spacial score (nSPS) is 16.0. The van der Waals surface area contributed by atoms with Crippen molar-refractivity contribution in [1.29, 1.82) is 0 Å². The molecule has 12 heavy (non-hydrogen) atoms. The van der Waals surface area contributed by atoms with E-state index in [0.717, 1.165) is 4.90 Å². The van der Waals surface area contributed by atoms with E-state index >= 15 is 0 Å². The van der Waals surface area contributed by atoms with Gasteiger partial charge in [-0.1, -0.05) is 22.4 Å². The fraction of sp³-hybridized carbons (Fsp3) is 0.333. The van der Waals surface area contributed by atoms with E-state index in [9.17, 15) is 4.21 Å². The molecule has 0 radical (unpaired) electrons. The molecule has 0 amide bonds. The van der Waals surface area contributed by atoms with Crippen LogP contribution in [0.2, 0.25) is 0 Å². The third-order valence-electron chi connectivity index (χ3n) is 1.88. The molecule has 0 saturated carbocycles. The molecule has 1 atom stereocenters. The first-order valence-corrected chi connectivity index (χ1v) is 5.69. The van der Waals surface area contributed by atoms with Crippen molar-refractivity contribution in [2.75, 3.05) is 20.4 Å². The summed E-state index contributed by atoms with van der Waals surface area (Å²) in [5, 5.41) is 0. The zero-order chi connectivity index (χ0) is 9.19. The molecule has 3 heteroatoms. The molecule has 0 bridgehead atoms. The molecule has 0 aliphatic carbocycles. The summed E-state index contributed by atoms with van der Waals surface area (Å²) in [6.45, 7) is 0. The summed E-state index contributed by atoms with van der Waals surface area (Å²) in [6.07, 6.45) is 1.75. The Morgan fingerprint density at radius 2 is 1.67 bits per heavy atom. The van der Waals surface area contributed by atoms with Crippen LogP contribution in [0.25, 0.3) is 0 Å². The van der Waals surface area contributed by atoms with Crippen LogP contribution in [0.15, 0.2) is 35.2 Å². The summed E-state index contributed by atoms with van der Waals surface area (Å²) in [5.41, 5.74) is 0. The van der Waals surface area contributed by atoms with Crippen LogP contribution in [0.5, 0.6) is 0 Å².